The van der Waals surface area contributed by atoms with Crippen molar-refractivity contribution in [3.8, 4) is 0 Å². The van der Waals surface area contributed by atoms with Crippen molar-refractivity contribution in [1.29, 1.82) is 0 Å². The molecule has 2 rings (SSSR count). The van der Waals surface area contributed by atoms with Crippen LogP contribution < -0.4 is 0 Å². The van der Waals surface area contributed by atoms with Crippen LogP contribution in [0.1, 0.15) is 52.4 Å². The normalized spacial score (nSPS) is 42.2. The van der Waals surface area contributed by atoms with Crippen molar-refractivity contribution >= 4 is 9.84 Å². The highest BCUT2D eigenvalue weighted by Gasteiger charge is 2.50. The standard InChI is InChI=1S/C12H22O3S/c1-9(2)6-12(13)7-10-4-3-5-11(8-12)16(10,14)15/h9-11,13H,3-8H2,1-2H3. The molecule has 3 nitrogen and oxygen atoms in total. The first-order valence-corrected chi connectivity index (χ1v) is 7.89. The molecule has 0 aliphatic carbocycles. The molecule has 0 amide bonds. The molecule has 16 heavy (non-hydrogen) atoms. The average molecular weight is 246 g/mol. The van der Waals surface area contributed by atoms with Crippen molar-refractivity contribution in [2.24, 2.45) is 5.92 Å². The van der Waals surface area contributed by atoms with E-state index in [-0.39, 0.29) is 10.5 Å². The third kappa shape index (κ3) is 2.14. The molecule has 4 heteroatoms. The van der Waals surface area contributed by atoms with Gasteiger partial charge in [0, 0.05) is 0 Å². The maximum Gasteiger partial charge on any atom is 0.156 e. The molecule has 2 atom stereocenters. The topological polar surface area (TPSA) is 54.4 Å². The molecule has 0 saturated carbocycles. The summed E-state index contributed by atoms with van der Waals surface area (Å²) >= 11 is 0. The number of rotatable bonds is 2. The van der Waals surface area contributed by atoms with E-state index in [0.717, 1.165) is 25.7 Å². The molecule has 2 heterocycles. The van der Waals surface area contributed by atoms with Crippen LogP contribution in [-0.4, -0.2) is 29.6 Å². The number of hydrogen-bond acceptors (Lipinski definition) is 3. The highest BCUT2D eigenvalue weighted by Crippen LogP contribution is 2.43. The Morgan fingerprint density at radius 2 is 1.75 bits per heavy atom. The Morgan fingerprint density at radius 3 is 2.19 bits per heavy atom. The van der Waals surface area contributed by atoms with E-state index >= 15 is 0 Å². The SMILES string of the molecule is CC(C)CC1(O)CC2CCCC(C1)S2(=O)=O. The fraction of sp³-hybridized carbons (Fsp3) is 1.00. The molecule has 2 unspecified atom stereocenters. The number of fused-ring (bicyclic) bond motifs is 2. The van der Waals surface area contributed by atoms with Crippen LogP contribution in [0.5, 0.6) is 0 Å². The van der Waals surface area contributed by atoms with Crippen LogP contribution in [0.3, 0.4) is 0 Å². The molecule has 0 spiro atoms. The molecule has 0 radical (unpaired) electrons. The molecule has 2 aliphatic heterocycles. The van der Waals surface area contributed by atoms with Gasteiger partial charge in [0.2, 0.25) is 0 Å². The summed E-state index contributed by atoms with van der Waals surface area (Å²) in [5, 5.41) is 9.97. The largest absolute Gasteiger partial charge is 0.390 e. The van der Waals surface area contributed by atoms with E-state index in [4.69, 9.17) is 0 Å². The first kappa shape index (κ1) is 12.4. The van der Waals surface area contributed by atoms with Gasteiger partial charge in [0.1, 0.15) is 0 Å². The van der Waals surface area contributed by atoms with Crippen LogP contribution in [-0.2, 0) is 9.84 Å². The Labute approximate surface area is 98.2 Å². The third-order valence-electron chi connectivity index (χ3n) is 3.98. The fourth-order valence-electron chi connectivity index (χ4n) is 3.47. The van der Waals surface area contributed by atoms with Gasteiger partial charge in [-0.3, -0.25) is 0 Å². The molecule has 2 fully saturated rings. The summed E-state index contributed by atoms with van der Waals surface area (Å²) in [6, 6.07) is 0. The molecule has 2 saturated heterocycles. The third-order valence-corrected chi connectivity index (χ3v) is 6.65. The van der Waals surface area contributed by atoms with Crippen molar-refractivity contribution in [2.75, 3.05) is 0 Å². The van der Waals surface area contributed by atoms with Gasteiger partial charge in [-0.25, -0.2) is 8.42 Å². The number of sulfone groups is 1. The lowest BCUT2D eigenvalue weighted by molar-refractivity contribution is -0.00862. The zero-order chi connectivity index (χ0) is 12.0. The monoisotopic (exact) mass is 246 g/mol. The van der Waals surface area contributed by atoms with Crippen LogP contribution in [0.25, 0.3) is 0 Å². The van der Waals surface area contributed by atoms with Gasteiger partial charge in [0.05, 0.1) is 16.1 Å². The molecule has 0 aromatic carbocycles. The maximum absolute atomic E-state index is 12.1. The van der Waals surface area contributed by atoms with Crippen LogP contribution >= 0.6 is 0 Å². The van der Waals surface area contributed by atoms with Gasteiger partial charge in [-0.1, -0.05) is 20.3 Å². The van der Waals surface area contributed by atoms with Gasteiger partial charge in [-0.2, -0.15) is 0 Å². The molecular formula is C12H22O3S. The Hall–Kier alpha value is -0.0900. The van der Waals surface area contributed by atoms with Gasteiger partial charge >= 0.3 is 0 Å². The van der Waals surface area contributed by atoms with Crippen molar-refractivity contribution in [3.63, 3.8) is 0 Å². The van der Waals surface area contributed by atoms with Gasteiger partial charge in [-0.15, -0.1) is 0 Å². The molecule has 2 bridgehead atoms. The average Bonchev–Trinajstić information content (AvgIpc) is 2.06. The minimum absolute atomic E-state index is 0.274. The summed E-state index contributed by atoms with van der Waals surface area (Å²) < 4.78 is 24.1. The zero-order valence-electron chi connectivity index (χ0n) is 10.1. The van der Waals surface area contributed by atoms with Crippen LogP contribution in [0.4, 0.5) is 0 Å². The van der Waals surface area contributed by atoms with E-state index < -0.39 is 15.4 Å². The first-order chi connectivity index (χ1) is 7.33. The highest BCUT2D eigenvalue weighted by atomic mass is 32.2. The smallest absolute Gasteiger partial charge is 0.156 e. The molecule has 0 aromatic heterocycles. The quantitative estimate of drug-likeness (QED) is 0.809. The molecular weight excluding hydrogens is 224 g/mol. The predicted octanol–water partition coefficient (Wildman–Crippen LogP) is 1.89. The van der Waals surface area contributed by atoms with E-state index in [9.17, 15) is 13.5 Å². The van der Waals surface area contributed by atoms with Crippen LogP contribution in [0, 0.1) is 5.92 Å². The van der Waals surface area contributed by atoms with Gasteiger partial charge in [-0.05, 0) is 38.0 Å². The lowest BCUT2D eigenvalue weighted by atomic mass is 9.80. The van der Waals surface area contributed by atoms with Gasteiger partial charge in [0.25, 0.3) is 0 Å². The number of hydrogen-bond donors (Lipinski definition) is 1. The Morgan fingerprint density at radius 1 is 1.25 bits per heavy atom. The molecule has 2 aliphatic rings. The second-order valence-corrected chi connectivity index (χ2v) is 8.51. The Balaban J connectivity index is 2.20. The lowest BCUT2D eigenvalue weighted by Crippen LogP contribution is -2.52. The lowest BCUT2D eigenvalue weighted by Gasteiger charge is -2.44. The highest BCUT2D eigenvalue weighted by molar-refractivity contribution is 7.92. The van der Waals surface area contributed by atoms with Crippen molar-refractivity contribution in [1.82, 2.24) is 0 Å². The van der Waals surface area contributed by atoms with Gasteiger partial charge in [0.15, 0.2) is 9.84 Å². The fourth-order valence-corrected chi connectivity index (χ4v) is 6.09. The van der Waals surface area contributed by atoms with Crippen molar-refractivity contribution in [3.05, 3.63) is 0 Å². The van der Waals surface area contributed by atoms with E-state index in [1.807, 2.05) is 0 Å². The summed E-state index contributed by atoms with van der Waals surface area (Å²) in [7, 11) is -2.93. The van der Waals surface area contributed by atoms with E-state index in [1.54, 1.807) is 0 Å². The summed E-state index contributed by atoms with van der Waals surface area (Å²) in [6.07, 6.45) is 4.16. The van der Waals surface area contributed by atoms with Crippen LogP contribution in [0.2, 0.25) is 0 Å². The zero-order valence-corrected chi connectivity index (χ0v) is 11.0. The summed E-state index contributed by atoms with van der Waals surface area (Å²) in [5.74, 6) is 0.423. The Bertz CT molecular complexity index is 338. The second kappa shape index (κ2) is 3.98. The minimum Gasteiger partial charge on any atom is -0.390 e. The van der Waals surface area contributed by atoms with E-state index in [1.165, 1.54) is 0 Å². The van der Waals surface area contributed by atoms with E-state index in [2.05, 4.69) is 13.8 Å². The maximum atomic E-state index is 12.1. The van der Waals surface area contributed by atoms with E-state index in [0.29, 0.717) is 18.8 Å². The summed E-state index contributed by atoms with van der Waals surface area (Å²) in [5.41, 5.74) is -0.727. The molecule has 0 aromatic rings. The van der Waals surface area contributed by atoms with Crippen molar-refractivity contribution in [2.45, 2.75) is 68.5 Å². The van der Waals surface area contributed by atoms with Crippen LogP contribution in [0.15, 0.2) is 0 Å². The molecule has 94 valence electrons. The Kier molecular flexibility index (Phi) is 3.08. The molecule has 1 N–H and O–H groups in total. The number of aliphatic hydroxyl groups is 1. The summed E-state index contributed by atoms with van der Waals surface area (Å²) in [6.45, 7) is 4.16. The second-order valence-electron chi connectivity index (χ2n) is 5.99. The van der Waals surface area contributed by atoms with Gasteiger partial charge < -0.3 is 5.11 Å². The predicted molar refractivity (Wildman–Crippen MR) is 64.0 cm³/mol. The summed E-state index contributed by atoms with van der Waals surface area (Å²) in [4.78, 5) is 0. The first-order valence-electron chi connectivity index (χ1n) is 6.28. The minimum atomic E-state index is -2.93. The van der Waals surface area contributed by atoms with Crippen molar-refractivity contribution < 1.29 is 13.5 Å².